The molecule has 0 saturated heterocycles. The normalized spacial score (nSPS) is 12.2. The molecular weight excluding hydrogens is 232 g/mol. The molecule has 1 aromatic heterocycles. The third-order valence-corrected chi connectivity index (χ3v) is 2.67. The van der Waals surface area contributed by atoms with Gasteiger partial charge in [-0.25, -0.2) is 4.98 Å². The molecule has 0 spiro atoms. The van der Waals surface area contributed by atoms with Crippen molar-refractivity contribution in [3.8, 4) is 6.07 Å². The zero-order valence-electron chi connectivity index (χ0n) is 9.58. The molecule has 2 aromatic rings. The number of carbonyl (C=O) groups is 1. The number of aliphatic carboxylic acids is 1. The second-order valence-electron chi connectivity index (χ2n) is 3.91. The number of aromatic nitrogens is 2. The lowest BCUT2D eigenvalue weighted by molar-refractivity contribution is -0.138. The number of carboxylic acids is 1. The van der Waals surface area contributed by atoms with Gasteiger partial charge in [-0.3, -0.25) is 4.79 Å². The van der Waals surface area contributed by atoms with Crippen LogP contribution in [0.3, 0.4) is 0 Å². The molecule has 0 fully saturated rings. The van der Waals surface area contributed by atoms with Gasteiger partial charge in [0, 0.05) is 0 Å². The van der Waals surface area contributed by atoms with Crippen LogP contribution in [0, 0.1) is 11.3 Å². The van der Waals surface area contributed by atoms with E-state index in [4.69, 9.17) is 16.1 Å². The third-order valence-electron chi connectivity index (χ3n) is 2.67. The summed E-state index contributed by atoms with van der Waals surface area (Å²) in [5, 5.41) is 17.6. The molecule has 2 rings (SSSR count). The summed E-state index contributed by atoms with van der Waals surface area (Å²) in [6.45, 7) is 0.104. The highest BCUT2D eigenvalue weighted by Gasteiger charge is 2.17. The summed E-state index contributed by atoms with van der Waals surface area (Å²) in [7, 11) is 0. The molecular formula is C12H12N4O2. The van der Waals surface area contributed by atoms with E-state index < -0.39 is 12.0 Å². The molecule has 18 heavy (non-hydrogen) atoms. The molecule has 0 amide bonds. The Morgan fingerprint density at radius 3 is 2.94 bits per heavy atom. The number of hydrogen-bond donors (Lipinski definition) is 2. The van der Waals surface area contributed by atoms with E-state index in [9.17, 15) is 4.79 Å². The van der Waals surface area contributed by atoms with Gasteiger partial charge in [0.2, 0.25) is 0 Å². The lowest BCUT2D eigenvalue weighted by Crippen LogP contribution is -2.35. The Morgan fingerprint density at radius 1 is 1.56 bits per heavy atom. The monoisotopic (exact) mass is 244 g/mol. The first kappa shape index (κ1) is 12.1. The molecule has 0 aliphatic carbocycles. The largest absolute Gasteiger partial charge is 0.480 e. The van der Waals surface area contributed by atoms with Gasteiger partial charge in [-0.15, -0.1) is 0 Å². The maximum absolute atomic E-state index is 10.8. The number of nitrogens with two attached hydrogens (primary N) is 1. The Morgan fingerprint density at radius 2 is 2.28 bits per heavy atom. The summed E-state index contributed by atoms with van der Waals surface area (Å²) in [6.07, 6.45) is 0.126. The number of nitrogens with zero attached hydrogens (tertiary/aromatic N) is 3. The molecule has 1 unspecified atom stereocenters. The zero-order valence-corrected chi connectivity index (χ0v) is 9.58. The average Bonchev–Trinajstić information content (AvgIpc) is 2.68. The van der Waals surface area contributed by atoms with Crippen molar-refractivity contribution < 1.29 is 9.90 Å². The number of nitriles is 1. The number of fused-ring (bicyclic) bond motifs is 1. The first-order valence-corrected chi connectivity index (χ1v) is 5.43. The van der Waals surface area contributed by atoms with E-state index in [1.54, 1.807) is 4.57 Å². The molecule has 0 radical (unpaired) electrons. The van der Waals surface area contributed by atoms with Crippen molar-refractivity contribution in [1.29, 1.82) is 5.26 Å². The Kier molecular flexibility index (Phi) is 3.26. The van der Waals surface area contributed by atoms with Crippen molar-refractivity contribution in [2.45, 2.75) is 19.0 Å². The summed E-state index contributed by atoms with van der Waals surface area (Å²) < 4.78 is 1.69. The van der Waals surface area contributed by atoms with Crippen molar-refractivity contribution in [3.63, 3.8) is 0 Å². The van der Waals surface area contributed by atoms with Gasteiger partial charge in [0.25, 0.3) is 0 Å². The second-order valence-corrected chi connectivity index (χ2v) is 3.91. The second kappa shape index (κ2) is 4.85. The highest BCUT2D eigenvalue weighted by atomic mass is 16.4. The molecule has 3 N–H and O–H groups in total. The summed E-state index contributed by atoms with van der Waals surface area (Å²) in [5.74, 6) is -0.536. The van der Waals surface area contributed by atoms with Gasteiger partial charge < -0.3 is 15.4 Å². The van der Waals surface area contributed by atoms with E-state index in [1.165, 1.54) is 0 Å². The number of rotatable bonds is 4. The summed E-state index contributed by atoms with van der Waals surface area (Å²) in [5.41, 5.74) is 7.06. The van der Waals surface area contributed by atoms with Crippen LogP contribution in [0.2, 0.25) is 0 Å². The minimum atomic E-state index is -1.07. The number of imidazole rings is 1. The lowest BCUT2D eigenvalue weighted by atomic mass is 10.2. The quantitative estimate of drug-likeness (QED) is 0.815. The van der Waals surface area contributed by atoms with Crippen LogP contribution in [0.25, 0.3) is 11.0 Å². The predicted molar refractivity (Wildman–Crippen MR) is 64.7 cm³/mol. The van der Waals surface area contributed by atoms with E-state index in [0.717, 1.165) is 11.0 Å². The Labute approximate surface area is 103 Å². The smallest absolute Gasteiger partial charge is 0.322 e. The summed E-state index contributed by atoms with van der Waals surface area (Å²) >= 11 is 0. The van der Waals surface area contributed by atoms with E-state index in [2.05, 4.69) is 4.98 Å². The molecule has 6 nitrogen and oxygen atoms in total. The van der Waals surface area contributed by atoms with Gasteiger partial charge in [-0.1, -0.05) is 12.1 Å². The summed E-state index contributed by atoms with van der Waals surface area (Å²) in [4.78, 5) is 15.1. The number of hydrogen-bond acceptors (Lipinski definition) is 4. The van der Waals surface area contributed by atoms with Crippen LogP contribution in [0.4, 0.5) is 0 Å². The van der Waals surface area contributed by atoms with E-state index in [1.807, 2.05) is 30.3 Å². The van der Waals surface area contributed by atoms with Crippen LogP contribution in [-0.4, -0.2) is 26.7 Å². The molecule has 1 aromatic carbocycles. The van der Waals surface area contributed by atoms with Crippen molar-refractivity contribution in [1.82, 2.24) is 9.55 Å². The topological polar surface area (TPSA) is 105 Å². The maximum Gasteiger partial charge on any atom is 0.322 e. The van der Waals surface area contributed by atoms with Crippen molar-refractivity contribution in [3.05, 3.63) is 30.1 Å². The Balaban J connectivity index is 2.48. The fourth-order valence-corrected chi connectivity index (χ4v) is 1.81. The van der Waals surface area contributed by atoms with E-state index >= 15 is 0 Å². The third kappa shape index (κ3) is 2.17. The van der Waals surface area contributed by atoms with E-state index in [-0.39, 0.29) is 13.0 Å². The van der Waals surface area contributed by atoms with Crippen LogP contribution in [0.1, 0.15) is 5.82 Å². The molecule has 0 aliphatic heterocycles. The SMILES string of the molecule is N#CCc1nc2ccccc2n1CC(N)C(=O)O. The molecule has 0 aliphatic rings. The highest BCUT2D eigenvalue weighted by molar-refractivity contribution is 5.77. The molecule has 6 heteroatoms. The Bertz CT molecular complexity index is 627. The van der Waals surface area contributed by atoms with Crippen LogP contribution < -0.4 is 5.73 Å². The maximum atomic E-state index is 10.8. The number of benzene rings is 1. The van der Waals surface area contributed by atoms with Crippen molar-refractivity contribution in [2.24, 2.45) is 5.73 Å². The zero-order chi connectivity index (χ0) is 13.1. The number of para-hydroxylation sites is 2. The fraction of sp³-hybridized carbons (Fsp3) is 0.250. The minimum Gasteiger partial charge on any atom is -0.480 e. The van der Waals surface area contributed by atoms with Gasteiger partial charge in [-0.05, 0) is 12.1 Å². The predicted octanol–water partition coefficient (Wildman–Crippen LogP) is 0.514. The standard InChI is InChI=1S/C12H12N4O2/c13-6-5-11-15-9-3-1-2-4-10(9)16(11)7-8(14)12(17)18/h1-4,8H,5,7,14H2,(H,17,18). The van der Waals surface area contributed by atoms with Gasteiger partial charge in [0.05, 0.1) is 30.1 Å². The van der Waals surface area contributed by atoms with Gasteiger partial charge in [0.1, 0.15) is 11.9 Å². The van der Waals surface area contributed by atoms with Crippen molar-refractivity contribution in [2.75, 3.05) is 0 Å². The summed E-state index contributed by atoms with van der Waals surface area (Å²) in [6, 6.07) is 8.33. The van der Waals surface area contributed by atoms with Crippen LogP contribution in [-0.2, 0) is 17.8 Å². The fourth-order valence-electron chi connectivity index (χ4n) is 1.81. The molecule has 0 saturated carbocycles. The lowest BCUT2D eigenvalue weighted by Gasteiger charge is -2.10. The first-order chi connectivity index (χ1) is 8.63. The van der Waals surface area contributed by atoms with Crippen molar-refractivity contribution >= 4 is 17.0 Å². The molecule has 1 atom stereocenters. The van der Waals surface area contributed by atoms with E-state index in [0.29, 0.717) is 5.82 Å². The molecule has 0 bridgehead atoms. The van der Waals surface area contributed by atoms with Gasteiger partial charge in [0.15, 0.2) is 0 Å². The minimum absolute atomic E-state index is 0.104. The average molecular weight is 244 g/mol. The van der Waals surface area contributed by atoms with Crippen LogP contribution in [0.5, 0.6) is 0 Å². The Hall–Kier alpha value is -2.39. The van der Waals surface area contributed by atoms with Crippen LogP contribution >= 0.6 is 0 Å². The highest BCUT2D eigenvalue weighted by Crippen LogP contribution is 2.16. The first-order valence-electron chi connectivity index (χ1n) is 5.43. The number of carboxylic acid groups (broad SMARTS) is 1. The van der Waals surface area contributed by atoms with Crippen LogP contribution in [0.15, 0.2) is 24.3 Å². The van der Waals surface area contributed by atoms with Gasteiger partial charge in [-0.2, -0.15) is 5.26 Å². The van der Waals surface area contributed by atoms with Gasteiger partial charge >= 0.3 is 5.97 Å². The molecule has 92 valence electrons. The molecule has 1 heterocycles.